The fraction of sp³-hybridized carbons (Fsp3) is 0.192. The van der Waals surface area contributed by atoms with Crippen molar-refractivity contribution >= 4 is 22.5 Å². The molecular formula is C26H22ClF3N6O. The van der Waals surface area contributed by atoms with E-state index in [4.69, 9.17) is 11.6 Å². The molecule has 0 amide bonds. The minimum atomic E-state index is -4.53. The van der Waals surface area contributed by atoms with Crippen LogP contribution in [0.25, 0.3) is 10.9 Å². The molecule has 37 heavy (non-hydrogen) atoms. The minimum Gasteiger partial charge on any atom is -0.311 e. The minimum absolute atomic E-state index is 0.00504. The Morgan fingerprint density at radius 1 is 1.03 bits per heavy atom. The first-order chi connectivity index (χ1) is 17.8. The Labute approximate surface area is 214 Å². The molecule has 5 aromatic rings. The van der Waals surface area contributed by atoms with E-state index in [0.29, 0.717) is 34.7 Å². The molecule has 0 aliphatic carbocycles. The summed E-state index contributed by atoms with van der Waals surface area (Å²) in [7, 11) is 0. The topological polar surface area (TPSA) is 80.5 Å². The molecule has 190 valence electrons. The highest BCUT2D eigenvalue weighted by molar-refractivity contribution is 6.31. The number of nitrogens with zero attached hydrogens (tertiary/aromatic N) is 4. The van der Waals surface area contributed by atoms with Gasteiger partial charge in [-0.2, -0.15) is 23.4 Å². The number of rotatable bonds is 8. The van der Waals surface area contributed by atoms with Crippen molar-refractivity contribution in [3.8, 4) is 0 Å². The first-order valence-corrected chi connectivity index (χ1v) is 11.8. The van der Waals surface area contributed by atoms with Gasteiger partial charge in [0.15, 0.2) is 0 Å². The van der Waals surface area contributed by atoms with E-state index in [2.05, 4.69) is 20.6 Å². The number of alkyl halides is 3. The summed E-state index contributed by atoms with van der Waals surface area (Å²) in [5.74, 6) is 0. The van der Waals surface area contributed by atoms with Gasteiger partial charge in [0.1, 0.15) is 6.04 Å². The van der Waals surface area contributed by atoms with Crippen molar-refractivity contribution < 1.29 is 13.2 Å². The monoisotopic (exact) mass is 526 g/mol. The zero-order valence-corrected chi connectivity index (χ0v) is 20.2. The largest absolute Gasteiger partial charge is 0.408 e. The average Bonchev–Trinajstić information content (AvgIpc) is 3.48. The second-order valence-electron chi connectivity index (χ2n) is 8.67. The van der Waals surface area contributed by atoms with Crippen molar-refractivity contribution in [1.29, 1.82) is 0 Å². The van der Waals surface area contributed by atoms with Gasteiger partial charge in [-0.1, -0.05) is 41.9 Å². The lowest BCUT2D eigenvalue weighted by molar-refractivity contribution is -0.158. The third-order valence-corrected chi connectivity index (χ3v) is 6.25. The summed E-state index contributed by atoms with van der Waals surface area (Å²) < 4.78 is 44.8. The van der Waals surface area contributed by atoms with Crippen LogP contribution >= 0.6 is 11.6 Å². The van der Waals surface area contributed by atoms with Gasteiger partial charge in [0.05, 0.1) is 30.5 Å². The molecule has 0 saturated heterocycles. The van der Waals surface area contributed by atoms with Gasteiger partial charge in [-0.15, -0.1) is 0 Å². The number of benzene rings is 2. The molecule has 2 N–H and O–H groups in total. The van der Waals surface area contributed by atoms with Crippen molar-refractivity contribution in [2.75, 3.05) is 0 Å². The number of hydrogen-bond donors (Lipinski definition) is 2. The number of halogens is 4. The highest BCUT2D eigenvalue weighted by Gasteiger charge is 2.41. The molecule has 11 heteroatoms. The molecule has 0 fully saturated rings. The van der Waals surface area contributed by atoms with E-state index in [-0.39, 0.29) is 17.7 Å². The molecule has 0 aliphatic heterocycles. The molecular weight excluding hydrogens is 505 g/mol. The molecule has 0 bridgehead atoms. The van der Waals surface area contributed by atoms with Crippen molar-refractivity contribution in [2.24, 2.45) is 0 Å². The van der Waals surface area contributed by atoms with E-state index in [1.807, 2.05) is 24.3 Å². The van der Waals surface area contributed by atoms with Gasteiger partial charge in [0.2, 0.25) is 0 Å². The molecule has 3 aromatic heterocycles. The maximum Gasteiger partial charge on any atom is 0.408 e. The molecule has 0 saturated carbocycles. The Bertz CT molecular complexity index is 1570. The highest BCUT2D eigenvalue weighted by atomic mass is 35.5. The van der Waals surface area contributed by atoms with Crippen LogP contribution in [0, 0.1) is 0 Å². The van der Waals surface area contributed by atoms with Crippen LogP contribution < -0.4 is 10.9 Å². The number of aromatic nitrogens is 5. The summed E-state index contributed by atoms with van der Waals surface area (Å²) in [6, 6.07) is 15.7. The summed E-state index contributed by atoms with van der Waals surface area (Å²) in [5, 5.41) is 14.8. The summed E-state index contributed by atoms with van der Waals surface area (Å²) >= 11 is 6.03. The predicted octanol–water partition coefficient (Wildman–Crippen LogP) is 5.06. The standard InChI is InChI=1S/C26H22ClF3N6O/c27-20-8-9-22-21(11-20)23(34-33-22)13-31-25(26(28,29)30)19-12-32-36(16-19)15-18-6-4-17(5-7-18)14-35-10-2-1-3-24(35)37/h1-12,16,25,31H,13-15H2,(H,33,34). The number of aromatic amines is 1. The Morgan fingerprint density at radius 3 is 2.51 bits per heavy atom. The highest BCUT2D eigenvalue weighted by Crippen LogP contribution is 2.33. The smallest absolute Gasteiger partial charge is 0.311 e. The zero-order valence-electron chi connectivity index (χ0n) is 19.4. The summed E-state index contributed by atoms with van der Waals surface area (Å²) in [4.78, 5) is 11.9. The normalized spacial score (nSPS) is 12.8. The van der Waals surface area contributed by atoms with Crippen LogP contribution in [0.5, 0.6) is 0 Å². The van der Waals surface area contributed by atoms with Gasteiger partial charge in [-0.05, 0) is 35.4 Å². The first-order valence-electron chi connectivity index (χ1n) is 11.4. The molecule has 1 atom stereocenters. The average molecular weight is 527 g/mol. The molecule has 1 unspecified atom stereocenters. The molecule has 7 nitrogen and oxygen atoms in total. The van der Waals surface area contributed by atoms with E-state index in [1.54, 1.807) is 41.1 Å². The Balaban J connectivity index is 1.27. The lowest BCUT2D eigenvalue weighted by Crippen LogP contribution is -2.33. The van der Waals surface area contributed by atoms with E-state index in [9.17, 15) is 18.0 Å². The van der Waals surface area contributed by atoms with Crippen LogP contribution in [0.4, 0.5) is 13.2 Å². The maximum absolute atomic E-state index is 13.9. The Morgan fingerprint density at radius 2 is 1.78 bits per heavy atom. The SMILES string of the molecule is O=c1ccccn1Cc1ccc(Cn2cc(C(NCc3n[nH]c4ccc(Cl)cc34)C(F)(F)F)cn2)cc1. The van der Waals surface area contributed by atoms with Gasteiger partial charge in [0, 0.05) is 41.0 Å². The Hall–Kier alpha value is -3.89. The van der Waals surface area contributed by atoms with Gasteiger partial charge in [0.25, 0.3) is 5.56 Å². The maximum atomic E-state index is 13.9. The van der Waals surface area contributed by atoms with E-state index in [1.165, 1.54) is 23.1 Å². The number of nitrogens with one attached hydrogen (secondary N) is 2. The van der Waals surface area contributed by atoms with Gasteiger partial charge < -0.3 is 4.57 Å². The number of fused-ring (bicyclic) bond motifs is 1. The second-order valence-corrected chi connectivity index (χ2v) is 9.11. The molecule has 2 aromatic carbocycles. The number of H-pyrrole nitrogens is 1. The van der Waals surface area contributed by atoms with Crippen LogP contribution in [0.15, 0.2) is 84.0 Å². The number of hydrogen-bond acceptors (Lipinski definition) is 4. The lowest BCUT2D eigenvalue weighted by Gasteiger charge is -2.20. The zero-order chi connectivity index (χ0) is 26.0. The quantitative estimate of drug-likeness (QED) is 0.296. The van der Waals surface area contributed by atoms with Crippen LogP contribution in [-0.4, -0.2) is 30.7 Å². The first kappa shape index (κ1) is 24.8. The van der Waals surface area contributed by atoms with Crippen LogP contribution in [0.1, 0.15) is 28.4 Å². The Kier molecular flexibility index (Phi) is 6.86. The van der Waals surface area contributed by atoms with Crippen molar-refractivity contribution in [3.63, 3.8) is 0 Å². The van der Waals surface area contributed by atoms with Gasteiger partial charge in [-0.3, -0.25) is 19.9 Å². The third-order valence-electron chi connectivity index (χ3n) is 6.01. The van der Waals surface area contributed by atoms with Crippen LogP contribution in [-0.2, 0) is 19.6 Å². The third kappa shape index (κ3) is 5.76. The molecule has 3 heterocycles. The van der Waals surface area contributed by atoms with E-state index >= 15 is 0 Å². The predicted molar refractivity (Wildman–Crippen MR) is 134 cm³/mol. The van der Waals surface area contributed by atoms with Crippen LogP contribution in [0.2, 0.25) is 5.02 Å². The molecule has 0 radical (unpaired) electrons. The number of pyridine rings is 1. The van der Waals surface area contributed by atoms with Crippen LogP contribution in [0.3, 0.4) is 0 Å². The summed E-state index contributed by atoms with van der Waals surface area (Å²) in [6.45, 7) is 0.628. The fourth-order valence-electron chi connectivity index (χ4n) is 4.14. The fourth-order valence-corrected chi connectivity index (χ4v) is 4.31. The summed E-state index contributed by atoms with van der Waals surface area (Å²) in [6.07, 6.45) is -0.200. The second kappa shape index (κ2) is 10.2. The van der Waals surface area contributed by atoms with E-state index in [0.717, 1.165) is 11.1 Å². The van der Waals surface area contributed by atoms with Crippen molar-refractivity contribution in [3.05, 3.63) is 117 Å². The van der Waals surface area contributed by atoms with E-state index < -0.39 is 12.2 Å². The lowest BCUT2D eigenvalue weighted by atomic mass is 10.1. The molecule has 0 aliphatic rings. The van der Waals surface area contributed by atoms with Crippen molar-refractivity contribution in [1.82, 2.24) is 29.9 Å². The molecule has 0 spiro atoms. The van der Waals surface area contributed by atoms with Gasteiger partial charge in [-0.25, -0.2) is 0 Å². The van der Waals surface area contributed by atoms with Crippen molar-refractivity contribution in [2.45, 2.75) is 31.9 Å². The molecule has 5 rings (SSSR count). The summed E-state index contributed by atoms with van der Waals surface area (Å²) in [5.41, 5.74) is 2.86. The van der Waals surface area contributed by atoms with Gasteiger partial charge >= 0.3 is 6.18 Å².